The molecule has 1 saturated heterocycles. The van der Waals surface area contributed by atoms with E-state index < -0.39 is 29.6 Å². The van der Waals surface area contributed by atoms with Gasteiger partial charge < -0.3 is 10.1 Å². The quantitative estimate of drug-likeness (QED) is 0.357. The van der Waals surface area contributed by atoms with E-state index in [2.05, 4.69) is 21.2 Å². The number of hydrogen-bond acceptors (Lipinski definition) is 6. The van der Waals surface area contributed by atoms with Crippen molar-refractivity contribution in [3.8, 4) is 5.75 Å². The van der Waals surface area contributed by atoms with E-state index in [0.717, 1.165) is 16.7 Å². The number of amides is 3. The molecule has 0 aromatic heterocycles. The fourth-order valence-electron chi connectivity index (χ4n) is 2.50. The highest BCUT2D eigenvalue weighted by Crippen LogP contribution is 2.32. The van der Waals surface area contributed by atoms with Crippen LogP contribution >= 0.6 is 39.3 Å². The van der Waals surface area contributed by atoms with E-state index in [1.54, 1.807) is 42.5 Å². The summed E-state index contributed by atoms with van der Waals surface area (Å²) in [5, 5.41) is 2.49. The van der Waals surface area contributed by atoms with Crippen molar-refractivity contribution in [1.29, 1.82) is 0 Å². The molecular weight excluding hydrogens is 496 g/mol. The number of ether oxygens (including phenoxy) is 1. The summed E-state index contributed by atoms with van der Waals surface area (Å²) in [6, 6.07) is 11.3. The van der Waals surface area contributed by atoms with Crippen molar-refractivity contribution in [3.63, 3.8) is 0 Å². The first-order chi connectivity index (χ1) is 14.2. The van der Waals surface area contributed by atoms with Crippen LogP contribution in [0.25, 0.3) is 6.08 Å². The molecule has 10 heteroatoms. The van der Waals surface area contributed by atoms with Gasteiger partial charge in [-0.1, -0.05) is 23.7 Å². The standard InChI is InChI=1S/C20H14BrClN2O5S/c1-11(25)29-14-5-2-12(3-6-14)8-17-19(27)24(20(28)30-17)10-18(26)23-13-4-7-15(21)16(22)9-13/h2-9H,10H2,1H3,(H,23,26)/b17-8+. The van der Waals surface area contributed by atoms with Crippen molar-refractivity contribution in [2.24, 2.45) is 0 Å². The van der Waals surface area contributed by atoms with Crippen LogP contribution in [0.1, 0.15) is 12.5 Å². The molecule has 7 nitrogen and oxygen atoms in total. The molecule has 30 heavy (non-hydrogen) atoms. The maximum Gasteiger partial charge on any atom is 0.308 e. The zero-order valence-corrected chi connectivity index (χ0v) is 18.6. The Morgan fingerprint density at radius 1 is 1.20 bits per heavy atom. The molecule has 1 aliphatic heterocycles. The summed E-state index contributed by atoms with van der Waals surface area (Å²) in [7, 11) is 0. The molecule has 1 fully saturated rings. The second kappa shape index (κ2) is 9.46. The average Bonchev–Trinajstić information content (AvgIpc) is 2.93. The minimum absolute atomic E-state index is 0.194. The molecule has 0 aliphatic carbocycles. The molecule has 3 amide bonds. The number of anilines is 1. The Labute approximate surface area is 189 Å². The topological polar surface area (TPSA) is 92.8 Å². The molecule has 1 heterocycles. The molecule has 1 N–H and O–H groups in total. The number of hydrogen-bond donors (Lipinski definition) is 1. The Hall–Kier alpha value is -2.62. The first-order valence-corrected chi connectivity index (χ1v) is 10.5. The fraction of sp³-hybridized carbons (Fsp3) is 0.100. The van der Waals surface area contributed by atoms with E-state index >= 15 is 0 Å². The van der Waals surface area contributed by atoms with Gasteiger partial charge in [-0.25, -0.2) is 0 Å². The normalized spacial score (nSPS) is 14.9. The molecule has 0 saturated carbocycles. The number of carbonyl (C=O) groups excluding carboxylic acids is 4. The average molecular weight is 510 g/mol. The third-order valence-electron chi connectivity index (χ3n) is 3.82. The number of esters is 1. The molecule has 2 aromatic rings. The third kappa shape index (κ3) is 5.50. The zero-order chi connectivity index (χ0) is 21.8. The molecule has 0 bridgehead atoms. The highest BCUT2D eigenvalue weighted by atomic mass is 79.9. The van der Waals surface area contributed by atoms with Gasteiger partial charge in [-0.15, -0.1) is 0 Å². The van der Waals surface area contributed by atoms with Crippen LogP contribution in [0, 0.1) is 0 Å². The van der Waals surface area contributed by atoms with Gasteiger partial charge in [-0.2, -0.15) is 0 Å². The smallest absolute Gasteiger partial charge is 0.308 e. The number of carbonyl (C=O) groups is 4. The predicted octanol–water partition coefficient (Wildman–Crippen LogP) is 4.70. The fourth-order valence-corrected chi connectivity index (χ4v) is 3.77. The van der Waals surface area contributed by atoms with Gasteiger partial charge >= 0.3 is 5.97 Å². The number of rotatable bonds is 5. The Bertz CT molecular complexity index is 1070. The van der Waals surface area contributed by atoms with Crippen molar-refractivity contribution in [1.82, 2.24) is 4.90 Å². The lowest BCUT2D eigenvalue weighted by molar-refractivity contribution is -0.131. The minimum Gasteiger partial charge on any atom is -0.427 e. The van der Waals surface area contributed by atoms with Crippen molar-refractivity contribution >= 4 is 74.1 Å². The van der Waals surface area contributed by atoms with E-state index in [1.807, 2.05) is 0 Å². The Kier molecular flexibility index (Phi) is 6.96. The van der Waals surface area contributed by atoms with E-state index in [-0.39, 0.29) is 4.91 Å². The lowest BCUT2D eigenvalue weighted by Crippen LogP contribution is -2.36. The third-order valence-corrected chi connectivity index (χ3v) is 5.96. The van der Waals surface area contributed by atoms with E-state index in [4.69, 9.17) is 16.3 Å². The highest BCUT2D eigenvalue weighted by molar-refractivity contribution is 9.10. The molecule has 0 spiro atoms. The maximum atomic E-state index is 12.6. The molecule has 1 aliphatic rings. The SMILES string of the molecule is CC(=O)Oc1ccc(/C=C2/SC(=O)N(CC(=O)Nc3ccc(Br)c(Cl)c3)C2=O)cc1. The van der Waals surface area contributed by atoms with Crippen molar-refractivity contribution in [2.45, 2.75) is 6.92 Å². The predicted molar refractivity (Wildman–Crippen MR) is 118 cm³/mol. The second-order valence-electron chi connectivity index (χ2n) is 6.11. The summed E-state index contributed by atoms with van der Waals surface area (Å²) in [5.74, 6) is -1.15. The molecule has 0 atom stereocenters. The minimum atomic E-state index is -0.557. The van der Waals surface area contributed by atoms with Crippen molar-refractivity contribution in [2.75, 3.05) is 11.9 Å². The van der Waals surface area contributed by atoms with Crippen molar-refractivity contribution < 1.29 is 23.9 Å². The van der Waals surface area contributed by atoms with Gasteiger partial charge in [-0.05, 0) is 69.7 Å². The van der Waals surface area contributed by atoms with Crippen LogP contribution in [0.4, 0.5) is 10.5 Å². The second-order valence-corrected chi connectivity index (χ2v) is 8.36. The molecule has 154 valence electrons. The van der Waals surface area contributed by atoms with Crippen LogP contribution in [0.3, 0.4) is 0 Å². The molecular formula is C20H14BrClN2O5S. The van der Waals surface area contributed by atoms with Gasteiger partial charge in [-0.3, -0.25) is 24.1 Å². The number of nitrogens with zero attached hydrogens (tertiary/aromatic N) is 1. The van der Waals surface area contributed by atoms with Gasteiger partial charge in [0.1, 0.15) is 12.3 Å². The number of imide groups is 1. The van der Waals surface area contributed by atoms with Crippen LogP contribution in [-0.4, -0.2) is 34.5 Å². The summed E-state index contributed by atoms with van der Waals surface area (Å²) in [6.45, 7) is 0.881. The zero-order valence-electron chi connectivity index (χ0n) is 15.5. The van der Waals surface area contributed by atoms with Crippen molar-refractivity contribution in [3.05, 3.63) is 62.4 Å². The number of halogens is 2. The molecule has 0 radical (unpaired) electrons. The number of benzene rings is 2. The number of nitrogens with one attached hydrogen (secondary N) is 1. The summed E-state index contributed by atoms with van der Waals surface area (Å²) < 4.78 is 5.63. The lowest BCUT2D eigenvalue weighted by atomic mass is 10.2. The molecule has 3 rings (SSSR count). The Morgan fingerprint density at radius 2 is 1.90 bits per heavy atom. The van der Waals surface area contributed by atoms with Crippen LogP contribution in [-0.2, 0) is 14.4 Å². The summed E-state index contributed by atoms with van der Waals surface area (Å²) in [6.07, 6.45) is 1.54. The van der Waals surface area contributed by atoms with E-state index in [0.29, 0.717) is 26.5 Å². The van der Waals surface area contributed by atoms with Gasteiger partial charge in [0.2, 0.25) is 5.91 Å². The van der Waals surface area contributed by atoms with Crippen LogP contribution in [0.5, 0.6) is 5.75 Å². The van der Waals surface area contributed by atoms with E-state index in [9.17, 15) is 19.2 Å². The van der Waals surface area contributed by atoms with Gasteiger partial charge in [0.15, 0.2) is 0 Å². The summed E-state index contributed by atoms with van der Waals surface area (Å²) in [5.41, 5.74) is 1.09. The Morgan fingerprint density at radius 3 is 2.53 bits per heavy atom. The summed E-state index contributed by atoms with van der Waals surface area (Å²) >= 11 is 10.00. The first kappa shape index (κ1) is 22.1. The largest absolute Gasteiger partial charge is 0.427 e. The van der Waals surface area contributed by atoms with E-state index in [1.165, 1.54) is 13.0 Å². The maximum absolute atomic E-state index is 12.6. The lowest BCUT2D eigenvalue weighted by Gasteiger charge is -2.12. The van der Waals surface area contributed by atoms with Gasteiger partial charge in [0.25, 0.3) is 11.1 Å². The monoisotopic (exact) mass is 508 g/mol. The molecule has 2 aromatic carbocycles. The van der Waals surface area contributed by atoms with Crippen LogP contribution in [0.2, 0.25) is 5.02 Å². The highest BCUT2D eigenvalue weighted by Gasteiger charge is 2.36. The van der Waals surface area contributed by atoms with Gasteiger partial charge in [0, 0.05) is 17.1 Å². The number of thioether (sulfide) groups is 1. The Balaban J connectivity index is 1.66. The van der Waals surface area contributed by atoms with Crippen LogP contribution < -0.4 is 10.1 Å². The molecule has 0 unspecified atom stereocenters. The summed E-state index contributed by atoms with van der Waals surface area (Å²) in [4.78, 5) is 49.1. The van der Waals surface area contributed by atoms with Gasteiger partial charge in [0.05, 0.1) is 9.93 Å². The van der Waals surface area contributed by atoms with Crippen LogP contribution in [0.15, 0.2) is 51.8 Å². The first-order valence-electron chi connectivity index (χ1n) is 8.51.